The lowest BCUT2D eigenvalue weighted by molar-refractivity contribution is -0.0438. The minimum Gasteiger partial charge on any atom is -0.454 e. The summed E-state index contributed by atoms with van der Waals surface area (Å²) in [4.78, 5) is 3.77. The number of pyridine rings is 1. The molecule has 3 rings (SSSR count). The Morgan fingerprint density at radius 3 is 2.27 bits per heavy atom. The van der Waals surface area contributed by atoms with Crippen LogP contribution in [0, 0.1) is 11.6 Å². The summed E-state index contributed by atoms with van der Waals surface area (Å²) in [6.07, 6.45) is 2.64. The monoisotopic (exact) mass is 444 g/mol. The highest BCUT2D eigenvalue weighted by Crippen LogP contribution is 2.34. The van der Waals surface area contributed by atoms with Crippen LogP contribution in [-0.2, 0) is 16.6 Å². The predicted molar refractivity (Wildman–Crippen MR) is 98.3 cm³/mol. The van der Waals surface area contributed by atoms with Crippen molar-refractivity contribution in [1.29, 1.82) is 0 Å². The van der Waals surface area contributed by atoms with Gasteiger partial charge in [0.1, 0.15) is 11.6 Å². The van der Waals surface area contributed by atoms with Crippen molar-refractivity contribution in [2.24, 2.45) is 0 Å². The molecule has 1 heterocycles. The lowest BCUT2D eigenvalue weighted by Crippen LogP contribution is -2.40. The smallest absolute Gasteiger partial charge is 0.454 e. The normalized spacial score (nSPS) is 11.9. The third-order valence-corrected chi connectivity index (χ3v) is 5.38. The van der Waals surface area contributed by atoms with Gasteiger partial charge in [-0.1, -0.05) is 6.07 Å². The van der Waals surface area contributed by atoms with Crippen molar-refractivity contribution in [3.8, 4) is 11.5 Å². The van der Waals surface area contributed by atoms with E-state index < -0.39 is 33.7 Å². The second-order valence-corrected chi connectivity index (χ2v) is 7.84. The minimum absolute atomic E-state index is 0.00925. The number of anilines is 1. The molecule has 0 fully saturated rings. The van der Waals surface area contributed by atoms with E-state index in [4.69, 9.17) is 4.74 Å². The summed E-state index contributed by atoms with van der Waals surface area (Å²) in [6.45, 7) is -0.609. The first-order valence-corrected chi connectivity index (χ1v) is 9.73. The highest BCUT2D eigenvalue weighted by Gasteiger charge is 2.50. The van der Waals surface area contributed by atoms with Crippen molar-refractivity contribution in [1.82, 2.24) is 4.98 Å². The number of alkyl halides is 3. The van der Waals surface area contributed by atoms with E-state index in [9.17, 15) is 30.4 Å². The van der Waals surface area contributed by atoms with Crippen LogP contribution in [0.4, 0.5) is 27.6 Å². The molecule has 0 spiro atoms. The Balaban J connectivity index is 1.92. The molecule has 0 amide bonds. The number of benzene rings is 2. The molecule has 0 N–H and O–H groups in total. The molecule has 0 bridgehead atoms. The number of aromatic nitrogens is 1. The predicted octanol–water partition coefficient (Wildman–Crippen LogP) is 5.01. The summed E-state index contributed by atoms with van der Waals surface area (Å²) < 4.78 is 95.7. The van der Waals surface area contributed by atoms with E-state index in [1.807, 2.05) is 0 Å². The molecular formula is C19H13F5N2O3S. The van der Waals surface area contributed by atoms with Gasteiger partial charge in [-0.25, -0.2) is 8.78 Å². The fourth-order valence-corrected chi connectivity index (χ4v) is 3.43. The van der Waals surface area contributed by atoms with Gasteiger partial charge in [0.15, 0.2) is 11.6 Å². The number of halogens is 5. The average molecular weight is 444 g/mol. The van der Waals surface area contributed by atoms with Crippen LogP contribution in [0.3, 0.4) is 0 Å². The molecule has 0 unspecified atom stereocenters. The van der Waals surface area contributed by atoms with E-state index in [0.717, 1.165) is 24.3 Å². The topological polar surface area (TPSA) is 59.5 Å². The minimum atomic E-state index is -5.71. The largest absolute Gasteiger partial charge is 0.516 e. The SMILES string of the molecule is O=S(=O)(N(Cc1cccnc1)c1ccc(Oc2ccc(F)cc2F)cc1)C(F)(F)F. The highest BCUT2D eigenvalue weighted by molar-refractivity contribution is 7.93. The molecule has 0 aliphatic rings. The summed E-state index contributed by atoms with van der Waals surface area (Å²) in [5.41, 5.74) is -5.58. The Bertz CT molecular complexity index is 1120. The maximum atomic E-state index is 13.7. The Morgan fingerprint density at radius 2 is 1.70 bits per heavy atom. The van der Waals surface area contributed by atoms with Crippen LogP contribution in [0.2, 0.25) is 0 Å². The first-order valence-electron chi connectivity index (χ1n) is 8.29. The standard InChI is InChI=1S/C19H13F5N2O3S/c20-14-3-8-18(17(21)10-14)29-16-6-4-15(5-7-16)26(30(27,28)19(22,23)24)12-13-2-1-9-25-11-13/h1-11H,12H2. The number of sulfonamides is 1. The molecule has 5 nitrogen and oxygen atoms in total. The van der Waals surface area contributed by atoms with Gasteiger partial charge < -0.3 is 4.74 Å². The lowest BCUT2D eigenvalue weighted by atomic mass is 10.2. The van der Waals surface area contributed by atoms with Crippen LogP contribution in [0.15, 0.2) is 67.0 Å². The summed E-state index contributed by atoms with van der Waals surface area (Å²) in [5.74, 6) is -2.08. The second kappa shape index (κ2) is 8.27. The molecule has 30 heavy (non-hydrogen) atoms. The number of ether oxygens (including phenoxy) is 1. The van der Waals surface area contributed by atoms with E-state index in [1.165, 1.54) is 36.7 Å². The molecule has 0 atom stereocenters. The molecule has 158 valence electrons. The van der Waals surface area contributed by atoms with Crippen molar-refractivity contribution in [3.63, 3.8) is 0 Å². The van der Waals surface area contributed by atoms with Crippen LogP contribution in [-0.4, -0.2) is 18.9 Å². The van der Waals surface area contributed by atoms with Crippen LogP contribution < -0.4 is 9.04 Å². The van der Waals surface area contributed by atoms with E-state index >= 15 is 0 Å². The summed E-state index contributed by atoms with van der Waals surface area (Å²) >= 11 is 0. The van der Waals surface area contributed by atoms with Gasteiger partial charge in [-0.05, 0) is 48.0 Å². The second-order valence-electron chi connectivity index (χ2n) is 5.99. The molecule has 2 aromatic carbocycles. The van der Waals surface area contributed by atoms with Crippen molar-refractivity contribution >= 4 is 15.7 Å². The van der Waals surface area contributed by atoms with E-state index in [-0.39, 0.29) is 27.1 Å². The lowest BCUT2D eigenvalue weighted by Gasteiger charge is -2.25. The summed E-state index contributed by atoms with van der Waals surface area (Å²) in [6, 6.07) is 10.0. The van der Waals surface area contributed by atoms with Crippen molar-refractivity contribution in [2.75, 3.05) is 4.31 Å². The third kappa shape index (κ3) is 4.67. The summed E-state index contributed by atoms with van der Waals surface area (Å²) in [7, 11) is -5.71. The van der Waals surface area contributed by atoms with Crippen LogP contribution >= 0.6 is 0 Å². The van der Waals surface area contributed by atoms with E-state index in [2.05, 4.69) is 4.98 Å². The first kappa shape index (κ1) is 21.5. The van der Waals surface area contributed by atoms with Gasteiger partial charge in [0.2, 0.25) is 0 Å². The van der Waals surface area contributed by atoms with E-state index in [0.29, 0.717) is 6.07 Å². The Hall–Kier alpha value is -3.21. The maximum Gasteiger partial charge on any atom is 0.516 e. The van der Waals surface area contributed by atoms with Gasteiger partial charge in [0.25, 0.3) is 0 Å². The fourth-order valence-electron chi connectivity index (χ4n) is 2.46. The molecule has 0 aliphatic heterocycles. The first-order chi connectivity index (χ1) is 14.1. The molecule has 0 saturated heterocycles. The Morgan fingerprint density at radius 1 is 1.00 bits per heavy atom. The van der Waals surface area contributed by atoms with Gasteiger partial charge in [-0.3, -0.25) is 9.29 Å². The Labute approximate surface area is 168 Å². The van der Waals surface area contributed by atoms with Gasteiger partial charge in [0, 0.05) is 18.5 Å². The van der Waals surface area contributed by atoms with Gasteiger partial charge in [-0.2, -0.15) is 21.6 Å². The molecule has 1 aromatic heterocycles. The zero-order valence-electron chi connectivity index (χ0n) is 15.0. The maximum absolute atomic E-state index is 13.7. The number of hydrogen-bond acceptors (Lipinski definition) is 4. The molecule has 3 aromatic rings. The number of rotatable bonds is 6. The Kier molecular flexibility index (Phi) is 5.92. The van der Waals surface area contributed by atoms with Gasteiger partial charge in [-0.15, -0.1) is 0 Å². The summed E-state index contributed by atoms with van der Waals surface area (Å²) in [5, 5.41) is 0. The van der Waals surface area contributed by atoms with Crippen molar-refractivity contribution in [3.05, 3.63) is 84.2 Å². The molecule has 0 aliphatic carbocycles. The molecular weight excluding hydrogens is 431 g/mol. The van der Waals surface area contributed by atoms with Crippen molar-refractivity contribution in [2.45, 2.75) is 12.1 Å². The number of nitrogens with zero attached hydrogens (tertiary/aromatic N) is 2. The zero-order valence-corrected chi connectivity index (χ0v) is 15.8. The molecule has 11 heteroatoms. The van der Waals surface area contributed by atoms with E-state index in [1.54, 1.807) is 0 Å². The number of hydrogen-bond donors (Lipinski definition) is 0. The van der Waals surface area contributed by atoms with Crippen LogP contribution in [0.5, 0.6) is 11.5 Å². The fraction of sp³-hybridized carbons (Fsp3) is 0.105. The quantitative estimate of drug-likeness (QED) is 0.502. The van der Waals surface area contributed by atoms with Crippen LogP contribution in [0.25, 0.3) is 0 Å². The zero-order chi connectivity index (χ0) is 21.9. The molecule has 0 radical (unpaired) electrons. The molecule has 0 saturated carbocycles. The van der Waals surface area contributed by atoms with Gasteiger partial charge in [0.05, 0.1) is 12.2 Å². The average Bonchev–Trinajstić information content (AvgIpc) is 2.69. The third-order valence-electron chi connectivity index (χ3n) is 3.88. The van der Waals surface area contributed by atoms with Crippen molar-refractivity contribution < 1.29 is 35.1 Å². The highest BCUT2D eigenvalue weighted by atomic mass is 32.2. The van der Waals surface area contributed by atoms with Gasteiger partial charge >= 0.3 is 15.5 Å². The van der Waals surface area contributed by atoms with Crippen LogP contribution in [0.1, 0.15) is 5.56 Å².